The Kier molecular flexibility index (Phi) is 4.41. The number of rotatable bonds is 5. The molecule has 1 fully saturated rings. The summed E-state index contributed by atoms with van der Waals surface area (Å²) < 4.78 is 13.8. The molecule has 1 saturated carbocycles. The van der Waals surface area contributed by atoms with Crippen LogP contribution in [0.5, 0.6) is 0 Å². The van der Waals surface area contributed by atoms with Crippen molar-refractivity contribution in [2.75, 3.05) is 13.6 Å². The highest BCUT2D eigenvalue weighted by molar-refractivity contribution is 9.10. The summed E-state index contributed by atoms with van der Waals surface area (Å²) in [5.41, 5.74) is 6.97. The normalized spacial score (nSPS) is 19.0. The Morgan fingerprint density at radius 2 is 2.17 bits per heavy atom. The first-order valence-corrected chi connectivity index (χ1v) is 7.20. The fourth-order valence-corrected chi connectivity index (χ4v) is 2.85. The topological polar surface area (TPSA) is 29.3 Å². The van der Waals surface area contributed by atoms with E-state index in [0.29, 0.717) is 17.1 Å². The van der Waals surface area contributed by atoms with Gasteiger partial charge in [-0.1, -0.05) is 6.07 Å². The number of hydrogen-bond donors (Lipinski definition) is 1. The van der Waals surface area contributed by atoms with Crippen LogP contribution < -0.4 is 5.73 Å². The van der Waals surface area contributed by atoms with E-state index in [1.54, 1.807) is 0 Å². The predicted octanol–water partition coefficient (Wildman–Crippen LogP) is 3.32. The van der Waals surface area contributed by atoms with E-state index in [0.717, 1.165) is 11.5 Å². The molecule has 1 aromatic rings. The van der Waals surface area contributed by atoms with Gasteiger partial charge in [0.2, 0.25) is 0 Å². The molecule has 2 atom stereocenters. The maximum atomic E-state index is 13.3. The molecule has 1 aromatic carbocycles. The van der Waals surface area contributed by atoms with E-state index >= 15 is 0 Å². The molecule has 0 heterocycles. The zero-order valence-corrected chi connectivity index (χ0v) is 12.5. The van der Waals surface area contributed by atoms with Crippen LogP contribution in [0.3, 0.4) is 0 Å². The Hall–Kier alpha value is -0.450. The molecule has 18 heavy (non-hydrogen) atoms. The van der Waals surface area contributed by atoms with Crippen LogP contribution >= 0.6 is 15.9 Å². The monoisotopic (exact) mass is 314 g/mol. The summed E-state index contributed by atoms with van der Waals surface area (Å²) in [6.07, 6.45) is 2.63. The summed E-state index contributed by atoms with van der Waals surface area (Å²) in [6, 6.07) is 5.84. The van der Waals surface area contributed by atoms with Gasteiger partial charge in [0.15, 0.2) is 0 Å². The quantitative estimate of drug-likeness (QED) is 0.903. The second kappa shape index (κ2) is 5.68. The van der Waals surface area contributed by atoms with Gasteiger partial charge in [-0.3, -0.25) is 4.90 Å². The van der Waals surface area contributed by atoms with Gasteiger partial charge < -0.3 is 5.73 Å². The molecule has 0 aromatic heterocycles. The van der Waals surface area contributed by atoms with Gasteiger partial charge in [-0.25, -0.2) is 4.39 Å². The highest BCUT2D eigenvalue weighted by atomic mass is 79.9. The first-order chi connectivity index (χ1) is 8.54. The lowest BCUT2D eigenvalue weighted by molar-refractivity contribution is 0.171. The van der Waals surface area contributed by atoms with E-state index in [4.69, 9.17) is 5.73 Å². The molecular weight excluding hydrogens is 295 g/mol. The average molecular weight is 315 g/mol. The number of nitrogens with zero attached hydrogens (tertiary/aromatic N) is 1. The van der Waals surface area contributed by atoms with Crippen LogP contribution in [0, 0.1) is 11.7 Å². The second-order valence-electron chi connectivity index (χ2n) is 5.17. The molecule has 4 heteroatoms. The largest absolute Gasteiger partial charge is 0.329 e. The van der Waals surface area contributed by atoms with Crippen molar-refractivity contribution in [3.05, 3.63) is 34.1 Å². The van der Waals surface area contributed by atoms with Gasteiger partial charge in [0, 0.05) is 18.6 Å². The third-order valence-corrected chi connectivity index (χ3v) is 4.60. The van der Waals surface area contributed by atoms with Crippen molar-refractivity contribution >= 4 is 15.9 Å². The van der Waals surface area contributed by atoms with E-state index < -0.39 is 0 Å². The molecule has 100 valence electrons. The molecule has 2 unspecified atom stereocenters. The van der Waals surface area contributed by atoms with E-state index in [1.807, 2.05) is 12.1 Å². The third kappa shape index (κ3) is 2.92. The third-order valence-electron chi connectivity index (χ3n) is 3.99. The van der Waals surface area contributed by atoms with Gasteiger partial charge in [-0.05, 0) is 66.4 Å². The van der Waals surface area contributed by atoms with Gasteiger partial charge >= 0.3 is 0 Å². The maximum absolute atomic E-state index is 13.3. The molecule has 0 radical (unpaired) electrons. The van der Waals surface area contributed by atoms with E-state index in [2.05, 4.69) is 34.8 Å². The summed E-state index contributed by atoms with van der Waals surface area (Å²) in [7, 11) is 2.11. The minimum absolute atomic E-state index is 0.150. The van der Waals surface area contributed by atoms with Crippen molar-refractivity contribution in [3.63, 3.8) is 0 Å². The summed E-state index contributed by atoms with van der Waals surface area (Å²) in [5.74, 6) is 0.570. The predicted molar refractivity (Wildman–Crippen MR) is 75.8 cm³/mol. The van der Waals surface area contributed by atoms with Crippen LogP contribution in [0.15, 0.2) is 22.7 Å². The van der Waals surface area contributed by atoms with Crippen LogP contribution in [0.25, 0.3) is 0 Å². The van der Waals surface area contributed by atoms with Crippen molar-refractivity contribution in [1.82, 2.24) is 4.90 Å². The number of hydrogen-bond acceptors (Lipinski definition) is 2. The van der Waals surface area contributed by atoms with Crippen LogP contribution in [0.4, 0.5) is 4.39 Å². The number of likely N-dealkylation sites (N-methyl/N-ethyl adjacent to an activating group) is 1. The molecule has 0 spiro atoms. The Morgan fingerprint density at radius 1 is 1.50 bits per heavy atom. The molecule has 2 N–H and O–H groups in total. The molecule has 0 amide bonds. The fraction of sp³-hybridized carbons (Fsp3) is 0.571. The Labute approximate surface area is 116 Å². The first kappa shape index (κ1) is 14.0. The molecule has 2 nitrogen and oxygen atoms in total. The molecular formula is C14H20BrFN2. The van der Waals surface area contributed by atoms with E-state index in [9.17, 15) is 4.39 Å². The van der Waals surface area contributed by atoms with Crippen molar-refractivity contribution in [3.8, 4) is 0 Å². The second-order valence-corrected chi connectivity index (χ2v) is 6.02. The smallest absolute Gasteiger partial charge is 0.137 e. The lowest BCUT2D eigenvalue weighted by Gasteiger charge is -2.33. The lowest BCUT2D eigenvalue weighted by Crippen LogP contribution is -2.38. The Balaban J connectivity index is 2.18. The fourth-order valence-electron chi connectivity index (χ4n) is 2.45. The molecule has 1 aliphatic rings. The van der Waals surface area contributed by atoms with Gasteiger partial charge in [0.25, 0.3) is 0 Å². The zero-order chi connectivity index (χ0) is 13.3. The highest BCUT2D eigenvalue weighted by Crippen LogP contribution is 2.37. The van der Waals surface area contributed by atoms with E-state index in [1.165, 1.54) is 18.9 Å². The molecule has 0 aliphatic heterocycles. The minimum Gasteiger partial charge on any atom is -0.329 e. The van der Waals surface area contributed by atoms with Crippen molar-refractivity contribution in [1.29, 1.82) is 0 Å². The van der Waals surface area contributed by atoms with Crippen LogP contribution in [0.2, 0.25) is 0 Å². The summed E-state index contributed by atoms with van der Waals surface area (Å²) in [5, 5.41) is 0. The summed E-state index contributed by atoms with van der Waals surface area (Å²) >= 11 is 3.24. The summed E-state index contributed by atoms with van der Waals surface area (Å²) in [4.78, 5) is 2.32. The molecule has 0 saturated heterocycles. The van der Waals surface area contributed by atoms with Gasteiger partial charge in [0.05, 0.1) is 4.47 Å². The Bertz CT molecular complexity index is 420. The van der Waals surface area contributed by atoms with Gasteiger partial charge in [0.1, 0.15) is 5.82 Å². The number of halogens is 2. The standard InChI is InChI=1S/C14H20BrFN2/c1-9(10-3-4-10)18(2)14(8-17)11-5-6-13(16)12(15)7-11/h5-7,9-10,14H,3-4,8,17H2,1-2H3. The van der Waals surface area contributed by atoms with Crippen LogP contribution in [-0.4, -0.2) is 24.5 Å². The molecule has 0 bridgehead atoms. The van der Waals surface area contributed by atoms with Crippen molar-refractivity contribution in [2.45, 2.75) is 31.8 Å². The van der Waals surface area contributed by atoms with Gasteiger partial charge in [-0.15, -0.1) is 0 Å². The van der Waals surface area contributed by atoms with Gasteiger partial charge in [-0.2, -0.15) is 0 Å². The highest BCUT2D eigenvalue weighted by Gasteiger charge is 2.33. The van der Waals surface area contributed by atoms with Crippen molar-refractivity contribution in [2.24, 2.45) is 11.7 Å². The first-order valence-electron chi connectivity index (χ1n) is 6.41. The Morgan fingerprint density at radius 3 is 2.67 bits per heavy atom. The summed E-state index contributed by atoms with van der Waals surface area (Å²) in [6.45, 7) is 2.80. The molecule has 2 rings (SSSR count). The zero-order valence-electron chi connectivity index (χ0n) is 10.9. The lowest BCUT2D eigenvalue weighted by atomic mass is 10.0. The SMILES string of the molecule is CC(C1CC1)N(C)C(CN)c1ccc(F)c(Br)c1. The number of nitrogens with two attached hydrogens (primary N) is 1. The number of benzene rings is 1. The van der Waals surface area contributed by atoms with Crippen molar-refractivity contribution < 1.29 is 4.39 Å². The van der Waals surface area contributed by atoms with E-state index in [-0.39, 0.29) is 11.9 Å². The van der Waals surface area contributed by atoms with Crippen LogP contribution in [0.1, 0.15) is 31.4 Å². The average Bonchev–Trinajstić information content (AvgIpc) is 3.17. The maximum Gasteiger partial charge on any atom is 0.137 e. The minimum atomic E-state index is -0.229. The molecule has 1 aliphatic carbocycles. The van der Waals surface area contributed by atoms with Crippen LogP contribution in [-0.2, 0) is 0 Å².